The molecule has 5 nitrogen and oxygen atoms in total. The molecule has 2 rings (SSSR count). The quantitative estimate of drug-likeness (QED) is 0.390. The van der Waals surface area contributed by atoms with Crippen LogP contribution in [-0.4, -0.2) is 19.6 Å². The Kier molecular flexibility index (Phi) is 6.50. The van der Waals surface area contributed by atoms with Gasteiger partial charge in [-0.2, -0.15) is 0 Å². The Hall–Kier alpha value is -2.69. The average Bonchev–Trinajstić information content (AvgIpc) is 2.93. The van der Waals surface area contributed by atoms with Crippen LogP contribution in [0, 0.1) is 4.91 Å². The first kappa shape index (κ1) is 19.6. The lowest BCUT2D eigenvalue weighted by Crippen LogP contribution is -2.24. The lowest BCUT2D eigenvalue weighted by Gasteiger charge is -2.16. The van der Waals surface area contributed by atoms with E-state index in [1.54, 1.807) is 4.90 Å². The van der Waals surface area contributed by atoms with Crippen LogP contribution in [0.25, 0.3) is 0 Å². The number of nitrogens with zero attached hydrogens (tertiary/aromatic N) is 2. The fraction of sp³-hybridized carbons (Fsp3) is 0.381. The maximum absolute atomic E-state index is 12.6. The number of nitroso groups, excluding NO2 is 1. The first-order chi connectivity index (χ1) is 12.4. The third kappa shape index (κ3) is 4.10. The van der Waals surface area contributed by atoms with E-state index in [1.165, 1.54) is 12.7 Å². The largest absolute Gasteiger partial charge is 0.499 e. The van der Waals surface area contributed by atoms with E-state index in [1.807, 2.05) is 37.3 Å². The molecule has 1 saturated heterocycles. The third-order valence-corrected chi connectivity index (χ3v) is 4.63. The van der Waals surface area contributed by atoms with Crippen molar-refractivity contribution >= 4 is 11.6 Å². The molecule has 1 amide bonds. The van der Waals surface area contributed by atoms with Crippen LogP contribution in [0.15, 0.2) is 64.7 Å². The molecule has 1 aromatic carbocycles. The van der Waals surface area contributed by atoms with Crippen molar-refractivity contribution in [2.75, 3.05) is 18.6 Å². The van der Waals surface area contributed by atoms with Gasteiger partial charge >= 0.3 is 0 Å². The van der Waals surface area contributed by atoms with Crippen LogP contribution in [-0.2, 0) is 9.53 Å². The summed E-state index contributed by atoms with van der Waals surface area (Å²) in [5, 5.41) is 3.07. The highest BCUT2D eigenvalue weighted by atomic mass is 16.5. The fourth-order valence-electron chi connectivity index (χ4n) is 2.96. The normalized spacial score (nSPS) is 17.1. The molecule has 0 saturated carbocycles. The van der Waals surface area contributed by atoms with E-state index >= 15 is 0 Å². The van der Waals surface area contributed by atoms with Gasteiger partial charge in [0.05, 0.1) is 13.7 Å². The zero-order chi connectivity index (χ0) is 19.3. The van der Waals surface area contributed by atoms with Crippen LogP contribution in [0.2, 0.25) is 0 Å². The van der Waals surface area contributed by atoms with Gasteiger partial charge in [0.2, 0.25) is 0 Å². The fourth-order valence-corrected chi connectivity index (χ4v) is 2.96. The monoisotopic (exact) mass is 354 g/mol. The molecular formula is C21H26N2O3. The number of carbonyl (C=O) groups excluding carboxylic acids is 1. The molecule has 1 aliphatic rings. The van der Waals surface area contributed by atoms with Gasteiger partial charge in [0.25, 0.3) is 5.91 Å². The summed E-state index contributed by atoms with van der Waals surface area (Å²) >= 11 is 0. The highest BCUT2D eigenvalue weighted by molar-refractivity contribution is 6.12. The minimum Gasteiger partial charge on any atom is -0.499 e. The lowest BCUT2D eigenvalue weighted by molar-refractivity contribution is -0.114. The second-order valence-corrected chi connectivity index (χ2v) is 6.57. The van der Waals surface area contributed by atoms with Gasteiger partial charge in [-0.3, -0.25) is 4.79 Å². The highest BCUT2D eigenvalue weighted by Crippen LogP contribution is 2.30. The molecule has 1 aromatic rings. The van der Waals surface area contributed by atoms with E-state index in [0.717, 1.165) is 11.3 Å². The summed E-state index contributed by atoms with van der Waals surface area (Å²) in [5.41, 5.74) is 3.70. The SMILES string of the molecule is C=C1C(=O)N(c2ccc(C(C)C)cc2)C/C1=C/C/C(N=O)=C(\CC)OC. The van der Waals surface area contributed by atoms with Crippen LogP contribution in [0.1, 0.15) is 45.1 Å². The van der Waals surface area contributed by atoms with E-state index in [-0.39, 0.29) is 5.91 Å². The molecule has 1 heterocycles. The van der Waals surface area contributed by atoms with E-state index in [2.05, 4.69) is 25.6 Å². The molecule has 138 valence electrons. The molecular weight excluding hydrogens is 328 g/mol. The van der Waals surface area contributed by atoms with Gasteiger partial charge in [0.15, 0.2) is 0 Å². The smallest absolute Gasteiger partial charge is 0.258 e. The van der Waals surface area contributed by atoms with Crippen LogP contribution in [0.5, 0.6) is 0 Å². The van der Waals surface area contributed by atoms with Crippen molar-refractivity contribution in [1.82, 2.24) is 0 Å². The molecule has 26 heavy (non-hydrogen) atoms. The predicted octanol–water partition coefficient (Wildman–Crippen LogP) is 5.06. The van der Waals surface area contributed by atoms with E-state index in [4.69, 9.17) is 4.74 Å². The van der Waals surface area contributed by atoms with Gasteiger partial charge in [0, 0.05) is 24.1 Å². The Bertz CT molecular complexity index is 752. The molecule has 0 bridgehead atoms. The number of allylic oxidation sites excluding steroid dienone is 2. The zero-order valence-corrected chi connectivity index (χ0v) is 15.9. The van der Waals surface area contributed by atoms with Crippen LogP contribution < -0.4 is 4.90 Å². The molecule has 1 aliphatic heterocycles. The third-order valence-electron chi connectivity index (χ3n) is 4.63. The number of anilines is 1. The van der Waals surface area contributed by atoms with Crippen molar-refractivity contribution in [1.29, 1.82) is 0 Å². The molecule has 1 fully saturated rings. The van der Waals surface area contributed by atoms with E-state index < -0.39 is 0 Å². The summed E-state index contributed by atoms with van der Waals surface area (Å²) in [7, 11) is 1.53. The first-order valence-electron chi connectivity index (χ1n) is 8.82. The van der Waals surface area contributed by atoms with Crippen LogP contribution >= 0.6 is 0 Å². The summed E-state index contributed by atoms with van der Waals surface area (Å²) in [4.78, 5) is 25.3. The number of hydrogen-bond acceptors (Lipinski definition) is 4. The molecule has 0 aromatic heterocycles. The second-order valence-electron chi connectivity index (χ2n) is 6.57. The van der Waals surface area contributed by atoms with E-state index in [0.29, 0.717) is 42.3 Å². The van der Waals surface area contributed by atoms with Crippen molar-refractivity contribution in [3.8, 4) is 0 Å². The van der Waals surface area contributed by atoms with Crippen molar-refractivity contribution in [2.24, 2.45) is 5.18 Å². The highest BCUT2D eigenvalue weighted by Gasteiger charge is 2.29. The number of benzene rings is 1. The van der Waals surface area contributed by atoms with Crippen molar-refractivity contribution < 1.29 is 9.53 Å². The Morgan fingerprint density at radius 2 is 2.00 bits per heavy atom. The standard InChI is InChI=1S/C21H26N2O3/c1-6-20(26-5)19(22-25)12-9-17-13-23(21(24)15(17)4)18-10-7-16(8-11-18)14(2)3/h7-11,14H,4,6,12-13H2,1-3,5H3/b17-9-,20-19-. The Morgan fingerprint density at radius 1 is 1.35 bits per heavy atom. The molecule has 0 N–H and O–H groups in total. The van der Waals surface area contributed by atoms with Gasteiger partial charge < -0.3 is 9.64 Å². The minimum atomic E-state index is -0.111. The molecule has 0 atom stereocenters. The van der Waals surface area contributed by atoms with Crippen molar-refractivity contribution in [2.45, 2.75) is 39.5 Å². The van der Waals surface area contributed by atoms with Gasteiger partial charge in [-0.1, -0.05) is 45.6 Å². The number of amides is 1. The number of methoxy groups -OCH3 is 1. The Morgan fingerprint density at radius 3 is 2.50 bits per heavy atom. The molecule has 0 aliphatic carbocycles. The first-order valence-corrected chi connectivity index (χ1v) is 8.82. The van der Waals surface area contributed by atoms with Gasteiger partial charge in [-0.15, -0.1) is 4.91 Å². The summed E-state index contributed by atoms with van der Waals surface area (Å²) in [6.45, 7) is 10.5. The average molecular weight is 354 g/mol. The summed E-state index contributed by atoms with van der Waals surface area (Å²) in [5.74, 6) is 0.895. The topological polar surface area (TPSA) is 59.0 Å². The molecule has 0 spiro atoms. The van der Waals surface area contributed by atoms with Gasteiger partial charge in [-0.05, 0) is 34.4 Å². The minimum absolute atomic E-state index is 0.111. The predicted molar refractivity (Wildman–Crippen MR) is 105 cm³/mol. The Balaban J connectivity index is 2.21. The lowest BCUT2D eigenvalue weighted by atomic mass is 10.0. The zero-order valence-electron chi connectivity index (χ0n) is 15.9. The molecule has 5 heteroatoms. The van der Waals surface area contributed by atoms with Gasteiger partial charge in [0.1, 0.15) is 11.5 Å². The maximum Gasteiger partial charge on any atom is 0.258 e. The van der Waals surface area contributed by atoms with Gasteiger partial charge in [-0.25, -0.2) is 0 Å². The number of hydrogen-bond donors (Lipinski definition) is 0. The maximum atomic E-state index is 12.6. The second kappa shape index (κ2) is 8.61. The van der Waals surface area contributed by atoms with Crippen LogP contribution in [0.4, 0.5) is 5.69 Å². The van der Waals surface area contributed by atoms with Crippen molar-refractivity contribution in [3.05, 3.63) is 70.0 Å². The summed E-state index contributed by atoms with van der Waals surface area (Å²) in [6.07, 6.45) is 2.76. The van der Waals surface area contributed by atoms with Crippen LogP contribution in [0.3, 0.4) is 0 Å². The number of rotatable bonds is 7. The van der Waals surface area contributed by atoms with E-state index in [9.17, 15) is 9.70 Å². The molecule has 0 radical (unpaired) electrons. The summed E-state index contributed by atoms with van der Waals surface area (Å²) < 4.78 is 5.19. The number of carbonyl (C=O) groups is 1. The Labute approximate surface area is 155 Å². The number of ether oxygens (including phenoxy) is 1. The van der Waals surface area contributed by atoms with Crippen molar-refractivity contribution in [3.63, 3.8) is 0 Å². The molecule has 0 unspecified atom stereocenters. The summed E-state index contributed by atoms with van der Waals surface area (Å²) in [6, 6.07) is 8.01.